The van der Waals surface area contributed by atoms with E-state index in [9.17, 15) is 9.90 Å². The van der Waals surface area contributed by atoms with Crippen molar-refractivity contribution in [1.29, 1.82) is 0 Å². The van der Waals surface area contributed by atoms with E-state index >= 15 is 0 Å². The van der Waals surface area contributed by atoms with E-state index in [4.69, 9.17) is 0 Å². The average molecular weight is 486 g/mol. The summed E-state index contributed by atoms with van der Waals surface area (Å²) in [6, 6.07) is 6.56. The Balaban J connectivity index is 0.00000240. The third-order valence-electron chi connectivity index (χ3n) is 6.36. The van der Waals surface area contributed by atoms with Crippen molar-refractivity contribution >= 4 is 22.9 Å². The predicted molar refractivity (Wildman–Crippen MR) is 113 cm³/mol. The minimum atomic E-state index is -0.366. The van der Waals surface area contributed by atoms with Crippen LogP contribution in [0.2, 0.25) is 0 Å². The van der Waals surface area contributed by atoms with Crippen LogP contribution in [0.1, 0.15) is 86.4 Å². The maximum absolute atomic E-state index is 12.8. The summed E-state index contributed by atoms with van der Waals surface area (Å²) in [4.78, 5) is 19.2. The Morgan fingerprint density at radius 1 is 1.28 bits per heavy atom. The Morgan fingerprint density at radius 2 is 2.14 bits per heavy atom. The number of aliphatic hydroxyl groups is 1. The van der Waals surface area contributed by atoms with Crippen molar-refractivity contribution < 1.29 is 42.6 Å². The van der Waals surface area contributed by atoms with Gasteiger partial charge in [-0.1, -0.05) is 37.0 Å². The van der Waals surface area contributed by atoms with Crippen molar-refractivity contribution in [3.05, 3.63) is 45.9 Å². The molecule has 3 unspecified atom stereocenters. The second-order valence-electron chi connectivity index (χ2n) is 8.09. The Bertz CT molecular complexity index is 811. The number of fused-ring (bicyclic) bond motifs is 1. The molecule has 0 spiro atoms. The van der Waals surface area contributed by atoms with E-state index in [-0.39, 0.29) is 50.8 Å². The number of benzene rings is 1. The molecule has 1 aliphatic heterocycles. The van der Waals surface area contributed by atoms with E-state index in [1.807, 2.05) is 11.0 Å². The molecule has 153 valence electrons. The van der Waals surface area contributed by atoms with Crippen LogP contribution < -0.4 is 4.90 Å². The molecule has 2 heterocycles. The fourth-order valence-electron chi connectivity index (χ4n) is 4.86. The first-order chi connectivity index (χ1) is 13.7. The molecule has 2 aliphatic rings. The van der Waals surface area contributed by atoms with Crippen LogP contribution in [-0.4, -0.2) is 22.0 Å². The first-order valence-electron chi connectivity index (χ1n) is 10.6. The molecule has 1 fully saturated rings. The first-order valence-corrected chi connectivity index (χ1v) is 11.4. The molecular weight excluding hydrogens is 457 g/mol. The van der Waals surface area contributed by atoms with E-state index < -0.39 is 0 Å². The molecule has 1 aliphatic carbocycles. The monoisotopic (exact) mass is 486 g/mol. The van der Waals surface area contributed by atoms with Gasteiger partial charge in [0.05, 0.1) is 6.10 Å². The van der Waals surface area contributed by atoms with E-state index in [1.165, 1.54) is 5.56 Å². The molecule has 3 atom stereocenters. The zero-order chi connectivity index (χ0) is 19.5. The summed E-state index contributed by atoms with van der Waals surface area (Å²) in [7, 11) is 0. The Kier molecular flexibility index (Phi) is 8.44. The second kappa shape index (κ2) is 10.6. The number of amides is 1. The third-order valence-corrected chi connectivity index (χ3v) is 7.12. The molecule has 6 heteroatoms. The normalized spacial score (nSPS) is 24.1. The van der Waals surface area contributed by atoms with Crippen LogP contribution in [0.5, 0.6) is 0 Å². The van der Waals surface area contributed by atoms with E-state index in [1.54, 1.807) is 17.5 Å². The van der Waals surface area contributed by atoms with Crippen molar-refractivity contribution in [3.8, 4) is 0 Å². The van der Waals surface area contributed by atoms with Crippen LogP contribution in [0.25, 0.3) is 0 Å². The smallest absolute Gasteiger partial charge is 0.227 e. The van der Waals surface area contributed by atoms with Crippen molar-refractivity contribution in [2.75, 3.05) is 4.90 Å². The number of hydrogen-bond acceptors (Lipinski definition) is 4. The van der Waals surface area contributed by atoms with Gasteiger partial charge >= 0.3 is 0 Å². The maximum atomic E-state index is 12.8. The molecule has 1 aromatic heterocycles. The molecule has 4 rings (SSSR count). The van der Waals surface area contributed by atoms with Gasteiger partial charge in [0.2, 0.25) is 5.91 Å². The van der Waals surface area contributed by atoms with Crippen LogP contribution >= 0.6 is 11.3 Å². The molecule has 1 radical (unpaired) electrons. The summed E-state index contributed by atoms with van der Waals surface area (Å²) in [5, 5.41) is 14.6. The zero-order valence-electron chi connectivity index (χ0n) is 17.1. The van der Waals surface area contributed by atoms with Gasteiger partial charge < -0.3 is 26.3 Å². The van der Waals surface area contributed by atoms with Crippen LogP contribution in [0.15, 0.2) is 24.4 Å². The number of aliphatic hydroxyl groups excluding tert-OH is 1. The predicted octanol–water partition coefficient (Wildman–Crippen LogP) is 5.17. The Labute approximate surface area is 203 Å². The van der Waals surface area contributed by atoms with Gasteiger partial charge in [0.1, 0.15) is 0 Å². The third kappa shape index (κ3) is 5.18. The summed E-state index contributed by atoms with van der Waals surface area (Å²) < 4.78 is 0. The van der Waals surface area contributed by atoms with Gasteiger partial charge in [0, 0.05) is 50.9 Å². The van der Waals surface area contributed by atoms with Gasteiger partial charge in [-0.05, 0) is 67.7 Å². The van der Waals surface area contributed by atoms with Crippen LogP contribution in [0, 0.1) is 5.38 Å². The second-order valence-corrected chi connectivity index (χ2v) is 9.00. The first kappa shape index (κ1) is 23.1. The van der Waals surface area contributed by atoms with Crippen molar-refractivity contribution in [2.45, 2.75) is 82.8 Å². The summed E-state index contributed by atoms with van der Waals surface area (Å²) in [6.45, 7) is 2.21. The Morgan fingerprint density at radius 3 is 2.90 bits per heavy atom. The standard InChI is InChI=1S/C23H29N2O2S.Y/c1-2-16-9-12-21(26)19-11-10-18(15-20(16)19)25-17(6-4-8-23(25)27)5-3-7-22-24-13-14-28-22;/h10-11,13,15-17,21,26H,2-9,12H2,1H3;/q-1;. The van der Waals surface area contributed by atoms with Crippen LogP contribution in [0.4, 0.5) is 5.69 Å². The van der Waals surface area contributed by atoms with Crippen molar-refractivity contribution in [3.63, 3.8) is 0 Å². The maximum Gasteiger partial charge on any atom is 0.227 e. The Hall–Kier alpha value is -0.616. The largest absolute Gasteiger partial charge is 0.388 e. The number of carbonyl (C=O) groups is 1. The minimum Gasteiger partial charge on any atom is -0.388 e. The quantitative estimate of drug-likeness (QED) is 0.574. The topological polar surface area (TPSA) is 53.4 Å². The number of carbonyl (C=O) groups excluding carboxylic acids is 1. The molecule has 1 aromatic carbocycles. The van der Waals surface area contributed by atoms with E-state index in [2.05, 4.69) is 29.4 Å². The summed E-state index contributed by atoms with van der Waals surface area (Å²) in [6.07, 6.45) is 9.98. The zero-order valence-corrected chi connectivity index (χ0v) is 20.8. The summed E-state index contributed by atoms with van der Waals surface area (Å²) in [5.74, 6) is 0.723. The molecule has 1 saturated heterocycles. The molecule has 0 saturated carbocycles. The number of aromatic nitrogens is 1. The summed E-state index contributed by atoms with van der Waals surface area (Å²) in [5.41, 5.74) is 3.32. The molecule has 4 nitrogen and oxygen atoms in total. The molecule has 2 aromatic rings. The molecule has 29 heavy (non-hydrogen) atoms. The van der Waals surface area contributed by atoms with Gasteiger partial charge in [-0.25, -0.2) is 0 Å². The molecular formula is C23H29N2O2SY-. The fourth-order valence-corrected chi connectivity index (χ4v) is 5.45. The fraction of sp³-hybridized carbons (Fsp3) is 0.565. The van der Waals surface area contributed by atoms with Gasteiger partial charge in [-0.3, -0.25) is 4.79 Å². The van der Waals surface area contributed by atoms with E-state index in [0.717, 1.165) is 67.6 Å². The minimum absolute atomic E-state index is 0. The number of anilines is 1. The van der Waals surface area contributed by atoms with Crippen molar-refractivity contribution in [2.24, 2.45) is 0 Å². The number of hydrogen-bond donors (Lipinski definition) is 1. The summed E-state index contributed by atoms with van der Waals surface area (Å²) >= 11 is 1.59. The van der Waals surface area contributed by atoms with Crippen molar-refractivity contribution in [1.82, 2.24) is 4.98 Å². The molecule has 1 N–H and O–H groups in total. The van der Waals surface area contributed by atoms with Crippen LogP contribution in [-0.2, 0) is 43.9 Å². The van der Waals surface area contributed by atoms with Gasteiger partial charge in [0.15, 0.2) is 0 Å². The van der Waals surface area contributed by atoms with E-state index in [0.29, 0.717) is 12.3 Å². The number of nitrogens with zero attached hydrogens (tertiary/aromatic N) is 2. The number of aryl methyl sites for hydroxylation is 1. The number of rotatable bonds is 6. The number of thiazole rings is 1. The van der Waals surface area contributed by atoms with Gasteiger partial charge in [-0.2, -0.15) is 5.38 Å². The molecule has 0 bridgehead atoms. The molecule has 1 amide bonds. The number of piperidine rings is 1. The van der Waals surface area contributed by atoms with Crippen LogP contribution in [0.3, 0.4) is 0 Å². The van der Waals surface area contributed by atoms with Gasteiger partial charge in [-0.15, -0.1) is 0 Å². The SMILES string of the molecule is CCC1CCC(O)c2ccc(N3C(=O)CCCC3CCCc3nc[c-]s3)cc21.[Y]. The van der Waals surface area contributed by atoms with Gasteiger partial charge in [0.25, 0.3) is 0 Å². The average Bonchev–Trinajstić information content (AvgIpc) is 3.22.